The van der Waals surface area contributed by atoms with Crippen LogP contribution in [0.5, 0.6) is 0 Å². The van der Waals surface area contributed by atoms with Gasteiger partial charge in [0.15, 0.2) is 0 Å². The second kappa shape index (κ2) is 7.76. The van der Waals surface area contributed by atoms with Crippen LogP contribution in [0.15, 0.2) is 0 Å². The van der Waals surface area contributed by atoms with E-state index in [1.165, 1.54) is 0 Å². The molecule has 29 heavy (non-hydrogen) atoms. The van der Waals surface area contributed by atoms with E-state index in [9.17, 15) is 19.5 Å². The number of nitrogens with zero attached hydrogens (tertiary/aromatic N) is 1. The molecule has 3 amide bonds. The SMILES string of the molecule is CC[C@H](C)[C@H](CO)N1C(=O)[C@@H]2[C@@H](C(=O)NC)[C@@]3(C)CCC2(S3)C1C(=O)NC(C)C. The molecule has 1 spiro atoms. The largest absolute Gasteiger partial charge is 0.394 e. The summed E-state index contributed by atoms with van der Waals surface area (Å²) >= 11 is 1.66. The summed E-state index contributed by atoms with van der Waals surface area (Å²) < 4.78 is -0.975. The zero-order valence-corrected chi connectivity index (χ0v) is 19.1. The summed E-state index contributed by atoms with van der Waals surface area (Å²) in [5, 5.41) is 15.9. The molecule has 3 rings (SSSR count). The van der Waals surface area contributed by atoms with Crippen molar-refractivity contribution in [3.05, 3.63) is 0 Å². The highest BCUT2D eigenvalue weighted by Gasteiger charge is 2.77. The van der Waals surface area contributed by atoms with Gasteiger partial charge in [-0.25, -0.2) is 0 Å². The number of nitrogens with one attached hydrogen (secondary N) is 2. The molecule has 3 heterocycles. The van der Waals surface area contributed by atoms with Crippen molar-refractivity contribution in [2.45, 2.75) is 81.5 Å². The van der Waals surface area contributed by atoms with Crippen LogP contribution < -0.4 is 10.6 Å². The zero-order chi connectivity index (χ0) is 21.7. The van der Waals surface area contributed by atoms with E-state index in [1.807, 2.05) is 27.7 Å². The highest BCUT2D eigenvalue weighted by atomic mass is 32.2. The monoisotopic (exact) mass is 425 g/mol. The lowest BCUT2D eigenvalue weighted by Gasteiger charge is -2.39. The average molecular weight is 426 g/mol. The summed E-state index contributed by atoms with van der Waals surface area (Å²) in [5.41, 5.74) is 0. The fourth-order valence-electron chi connectivity index (χ4n) is 5.75. The maximum absolute atomic E-state index is 13.8. The first-order valence-electron chi connectivity index (χ1n) is 10.7. The minimum atomic E-state index is -0.671. The molecule has 0 aliphatic carbocycles. The van der Waals surface area contributed by atoms with Gasteiger partial charge in [-0.2, -0.15) is 0 Å². The Bertz CT molecular complexity index is 701. The number of amides is 3. The van der Waals surface area contributed by atoms with Gasteiger partial charge in [0.25, 0.3) is 0 Å². The Morgan fingerprint density at radius 2 is 1.93 bits per heavy atom. The quantitative estimate of drug-likeness (QED) is 0.568. The van der Waals surface area contributed by atoms with Gasteiger partial charge in [-0.05, 0) is 39.5 Å². The topological polar surface area (TPSA) is 98.7 Å². The molecule has 8 heteroatoms. The Balaban J connectivity index is 2.12. The van der Waals surface area contributed by atoms with Gasteiger partial charge in [-0.15, -0.1) is 11.8 Å². The molecule has 7 atom stereocenters. The van der Waals surface area contributed by atoms with Crippen LogP contribution in [0.2, 0.25) is 0 Å². The minimum Gasteiger partial charge on any atom is -0.394 e. The summed E-state index contributed by atoms with van der Waals surface area (Å²) in [4.78, 5) is 41.7. The molecule has 0 aromatic rings. The van der Waals surface area contributed by atoms with Gasteiger partial charge < -0.3 is 20.6 Å². The van der Waals surface area contributed by atoms with Gasteiger partial charge in [0, 0.05) is 17.8 Å². The van der Waals surface area contributed by atoms with E-state index in [-0.39, 0.29) is 41.0 Å². The van der Waals surface area contributed by atoms with E-state index < -0.39 is 28.7 Å². The third-order valence-electron chi connectivity index (χ3n) is 7.27. The van der Waals surface area contributed by atoms with E-state index in [0.29, 0.717) is 0 Å². The molecule has 0 radical (unpaired) electrons. The number of thioether (sulfide) groups is 1. The Kier molecular flexibility index (Phi) is 6.00. The third kappa shape index (κ3) is 3.17. The molecule has 2 bridgehead atoms. The molecule has 3 N–H and O–H groups in total. The van der Waals surface area contributed by atoms with Crippen LogP contribution >= 0.6 is 11.8 Å². The lowest BCUT2D eigenvalue weighted by Crippen LogP contribution is -2.58. The van der Waals surface area contributed by atoms with Gasteiger partial charge >= 0.3 is 0 Å². The average Bonchev–Trinajstić information content (AvgIpc) is 3.22. The van der Waals surface area contributed by atoms with Crippen LogP contribution in [-0.2, 0) is 14.4 Å². The first-order chi connectivity index (χ1) is 13.6. The molecule has 3 aliphatic rings. The van der Waals surface area contributed by atoms with Crippen molar-refractivity contribution < 1.29 is 19.5 Å². The number of aliphatic hydroxyl groups is 1. The Hall–Kier alpha value is -1.28. The summed E-state index contributed by atoms with van der Waals surface area (Å²) in [7, 11) is 1.60. The molecule has 3 fully saturated rings. The molecule has 0 saturated carbocycles. The van der Waals surface area contributed by atoms with Crippen molar-refractivity contribution in [3.63, 3.8) is 0 Å². The minimum absolute atomic E-state index is 0.0461. The Labute approximate surface area is 177 Å². The van der Waals surface area contributed by atoms with Crippen LogP contribution in [0.25, 0.3) is 0 Å². The first kappa shape index (κ1) is 22.4. The van der Waals surface area contributed by atoms with Gasteiger partial charge in [-0.1, -0.05) is 20.3 Å². The van der Waals surface area contributed by atoms with Crippen molar-refractivity contribution in [2.75, 3.05) is 13.7 Å². The molecular weight excluding hydrogens is 390 g/mol. The number of carbonyl (C=O) groups excluding carboxylic acids is 3. The van der Waals surface area contributed by atoms with Gasteiger partial charge in [0.2, 0.25) is 17.7 Å². The van der Waals surface area contributed by atoms with E-state index in [2.05, 4.69) is 17.6 Å². The van der Waals surface area contributed by atoms with E-state index in [4.69, 9.17) is 0 Å². The van der Waals surface area contributed by atoms with Crippen LogP contribution in [0, 0.1) is 17.8 Å². The molecule has 3 saturated heterocycles. The number of hydrogen-bond acceptors (Lipinski definition) is 5. The Morgan fingerprint density at radius 3 is 2.45 bits per heavy atom. The maximum Gasteiger partial charge on any atom is 0.244 e. The fraction of sp³-hybridized carbons (Fsp3) is 0.857. The third-order valence-corrected chi connectivity index (χ3v) is 9.25. The van der Waals surface area contributed by atoms with E-state index >= 15 is 0 Å². The highest BCUT2D eigenvalue weighted by molar-refractivity contribution is 8.02. The Morgan fingerprint density at radius 1 is 1.28 bits per heavy atom. The molecule has 7 nitrogen and oxygen atoms in total. The van der Waals surface area contributed by atoms with E-state index in [1.54, 1.807) is 23.7 Å². The molecule has 0 aromatic heterocycles. The van der Waals surface area contributed by atoms with Crippen molar-refractivity contribution in [1.29, 1.82) is 0 Å². The number of carbonyl (C=O) groups is 3. The van der Waals surface area contributed by atoms with Crippen LogP contribution in [0.1, 0.15) is 53.9 Å². The van der Waals surface area contributed by atoms with Crippen LogP contribution in [-0.4, -0.2) is 69.0 Å². The zero-order valence-electron chi connectivity index (χ0n) is 18.3. The second-order valence-corrected chi connectivity index (χ2v) is 11.3. The van der Waals surface area contributed by atoms with Crippen molar-refractivity contribution in [3.8, 4) is 0 Å². The maximum atomic E-state index is 13.8. The van der Waals surface area contributed by atoms with Crippen molar-refractivity contribution >= 4 is 29.5 Å². The number of likely N-dealkylation sites (tertiary alicyclic amines) is 1. The smallest absolute Gasteiger partial charge is 0.244 e. The normalized spacial score (nSPS) is 37.6. The number of fused-ring (bicyclic) bond motifs is 1. The molecule has 164 valence electrons. The van der Waals surface area contributed by atoms with Gasteiger partial charge in [0.05, 0.1) is 29.2 Å². The molecule has 0 aromatic carbocycles. The molecule has 3 aliphatic heterocycles. The summed E-state index contributed by atoms with van der Waals surface area (Å²) in [5.74, 6) is -1.41. The summed E-state index contributed by atoms with van der Waals surface area (Å²) in [6, 6.07) is -1.16. The van der Waals surface area contributed by atoms with Crippen LogP contribution in [0.3, 0.4) is 0 Å². The predicted octanol–water partition coefficient (Wildman–Crippen LogP) is 1.15. The fourth-order valence-corrected chi connectivity index (χ4v) is 8.10. The summed E-state index contributed by atoms with van der Waals surface area (Å²) in [6.07, 6.45) is 2.31. The lowest BCUT2D eigenvalue weighted by molar-refractivity contribution is -0.144. The first-order valence-corrected chi connectivity index (χ1v) is 11.5. The molecule has 2 unspecified atom stereocenters. The highest BCUT2D eigenvalue weighted by Crippen LogP contribution is 2.71. The lowest BCUT2D eigenvalue weighted by atomic mass is 9.66. The van der Waals surface area contributed by atoms with Gasteiger partial charge in [-0.3, -0.25) is 14.4 Å². The number of hydrogen-bond donors (Lipinski definition) is 3. The van der Waals surface area contributed by atoms with Gasteiger partial charge in [0.1, 0.15) is 6.04 Å². The standard InChI is InChI=1S/C21H35N3O4S/c1-7-12(4)13(10-25)24-16(18(27)23-11(2)3)21-9-8-20(5,29-21)14(17(26)22-6)15(21)19(24)28/h11-16,25H,7-10H2,1-6H3,(H,22,26)(H,23,27)/t12-,13-,14-,15-,16?,20+,21?/m0/s1. The van der Waals surface area contributed by atoms with Crippen LogP contribution in [0.4, 0.5) is 0 Å². The summed E-state index contributed by atoms with van der Waals surface area (Å²) in [6.45, 7) is 9.68. The van der Waals surface area contributed by atoms with Crippen molar-refractivity contribution in [2.24, 2.45) is 17.8 Å². The number of rotatable bonds is 7. The van der Waals surface area contributed by atoms with E-state index in [0.717, 1.165) is 19.3 Å². The predicted molar refractivity (Wildman–Crippen MR) is 113 cm³/mol. The number of aliphatic hydroxyl groups excluding tert-OH is 1. The molecular formula is C21H35N3O4S. The van der Waals surface area contributed by atoms with Crippen molar-refractivity contribution in [1.82, 2.24) is 15.5 Å². The second-order valence-electron chi connectivity index (χ2n) is 9.39.